The molecule has 3 rings (SSSR count). The van der Waals surface area contributed by atoms with Crippen LogP contribution in [0.25, 0.3) is 11.1 Å². The summed E-state index contributed by atoms with van der Waals surface area (Å²) in [5.41, 5.74) is 4.34. The van der Waals surface area contributed by atoms with Crippen molar-refractivity contribution in [1.29, 1.82) is 0 Å². The zero-order chi connectivity index (χ0) is 21.5. The first-order chi connectivity index (χ1) is 14.6. The number of anilines is 1. The van der Waals surface area contributed by atoms with Gasteiger partial charge in [0.05, 0.1) is 13.7 Å². The number of aliphatic hydroxyl groups is 4. The summed E-state index contributed by atoms with van der Waals surface area (Å²) in [6.07, 6.45) is 1.51. The molecule has 2 unspecified atom stereocenters. The minimum atomic E-state index is -1.12. The first-order valence-electron chi connectivity index (χ1n) is 10.1. The molecule has 2 atom stereocenters. The lowest BCUT2D eigenvalue weighted by Gasteiger charge is -2.29. The molecule has 5 N–H and O–H groups in total. The predicted octanol–water partition coefficient (Wildman–Crippen LogP) is 3.27. The lowest BCUT2D eigenvalue weighted by molar-refractivity contribution is 0.176. The van der Waals surface area contributed by atoms with Gasteiger partial charge in [-0.25, -0.2) is 0 Å². The Balaban J connectivity index is 1.71. The highest BCUT2D eigenvalue weighted by atomic mass is 16.5. The minimum Gasteiger partial charge on any atom is -0.509 e. The van der Waals surface area contributed by atoms with Gasteiger partial charge in [0, 0.05) is 24.8 Å². The van der Waals surface area contributed by atoms with Crippen LogP contribution in [0, 0.1) is 5.92 Å². The maximum Gasteiger partial charge on any atom is 0.129 e. The van der Waals surface area contributed by atoms with Gasteiger partial charge in [-0.3, -0.25) is 0 Å². The van der Waals surface area contributed by atoms with Crippen molar-refractivity contribution in [1.82, 2.24) is 0 Å². The molecule has 6 nitrogen and oxygen atoms in total. The van der Waals surface area contributed by atoms with Crippen LogP contribution in [0.15, 0.2) is 71.5 Å². The standard InChI is InChI=1S/C24H29NO5/c1-30-20-10-6-17(7-11-20)16-4-8-19(9-5-16)25-14-22-21(3-2-12-26)18(15-27)13-23(28)24(22)29/h4-11,13,21,23,25-29H,2-3,12,14-15H2,1H3. The summed E-state index contributed by atoms with van der Waals surface area (Å²) >= 11 is 0. The normalized spacial score (nSPS) is 18.9. The van der Waals surface area contributed by atoms with E-state index < -0.39 is 6.10 Å². The molecule has 0 fully saturated rings. The molecule has 0 aromatic heterocycles. The third-order valence-corrected chi connectivity index (χ3v) is 5.47. The highest BCUT2D eigenvalue weighted by molar-refractivity contribution is 5.66. The predicted molar refractivity (Wildman–Crippen MR) is 118 cm³/mol. The topological polar surface area (TPSA) is 102 Å². The molecule has 0 saturated carbocycles. The number of hydrogen-bond acceptors (Lipinski definition) is 6. The Labute approximate surface area is 176 Å². The van der Waals surface area contributed by atoms with Crippen LogP contribution in [0.5, 0.6) is 5.75 Å². The van der Waals surface area contributed by atoms with Gasteiger partial charge in [-0.1, -0.05) is 24.3 Å². The lowest BCUT2D eigenvalue weighted by atomic mass is 9.81. The van der Waals surface area contributed by atoms with Gasteiger partial charge >= 0.3 is 0 Å². The van der Waals surface area contributed by atoms with Crippen molar-refractivity contribution < 1.29 is 25.2 Å². The van der Waals surface area contributed by atoms with E-state index in [1.165, 1.54) is 6.08 Å². The number of methoxy groups -OCH3 is 1. The van der Waals surface area contributed by atoms with Crippen molar-refractivity contribution in [2.75, 3.05) is 32.2 Å². The van der Waals surface area contributed by atoms with Crippen molar-refractivity contribution in [3.05, 3.63) is 71.5 Å². The van der Waals surface area contributed by atoms with Gasteiger partial charge in [-0.2, -0.15) is 0 Å². The minimum absolute atomic E-state index is 0.0338. The summed E-state index contributed by atoms with van der Waals surface area (Å²) in [5, 5.41) is 42.7. The molecule has 30 heavy (non-hydrogen) atoms. The fraction of sp³-hybridized carbons (Fsp3) is 0.333. The number of rotatable bonds is 9. The fourth-order valence-corrected chi connectivity index (χ4v) is 3.78. The lowest BCUT2D eigenvalue weighted by Crippen LogP contribution is -2.28. The zero-order valence-electron chi connectivity index (χ0n) is 17.1. The Morgan fingerprint density at radius 1 is 0.967 bits per heavy atom. The van der Waals surface area contributed by atoms with Crippen molar-refractivity contribution in [2.45, 2.75) is 18.9 Å². The third kappa shape index (κ3) is 5.02. The number of ether oxygens (including phenoxy) is 1. The van der Waals surface area contributed by atoms with Crippen LogP contribution in [-0.4, -0.2) is 53.4 Å². The first-order valence-corrected chi connectivity index (χ1v) is 10.1. The van der Waals surface area contributed by atoms with Crippen LogP contribution in [0.3, 0.4) is 0 Å². The Morgan fingerprint density at radius 3 is 2.17 bits per heavy atom. The molecule has 2 aromatic carbocycles. The first kappa shape index (κ1) is 21.9. The molecule has 6 heteroatoms. The van der Waals surface area contributed by atoms with Gasteiger partial charge in [0.2, 0.25) is 0 Å². The van der Waals surface area contributed by atoms with Crippen LogP contribution in [-0.2, 0) is 0 Å². The zero-order valence-corrected chi connectivity index (χ0v) is 17.1. The molecule has 160 valence electrons. The number of aliphatic hydroxyl groups excluding tert-OH is 4. The highest BCUT2D eigenvalue weighted by Gasteiger charge is 2.29. The summed E-state index contributed by atoms with van der Waals surface area (Å²) in [5.74, 6) is 0.515. The molecule has 0 bridgehead atoms. The van der Waals surface area contributed by atoms with Gasteiger partial charge in [-0.15, -0.1) is 0 Å². The molecule has 0 spiro atoms. The van der Waals surface area contributed by atoms with Crippen LogP contribution in [0.2, 0.25) is 0 Å². The summed E-state index contributed by atoms with van der Waals surface area (Å²) in [6, 6.07) is 15.8. The SMILES string of the molecule is COc1ccc(-c2ccc(NCC3=C(O)C(O)C=C(CO)C3CCCO)cc2)cc1. The second-order valence-corrected chi connectivity index (χ2v) is 7.33. The van der Waals surface area contributed by atoms with E-state index in [0.717, 1.165) is 22.6 Å². The maximum atomic E-state index is 10.4. The van der Waals surface area contributed by atoms with E-state index in [1.807, 2.05) is 48.5 Å². The van der Waals surface area contributed by atoms with E-state index in [0.29, 0.717) is 30.5 Å². The highest BCUT2D eigenvalue weighted by Crippen LogP contribution is 2.33. The van der Waals surface area contributed by atoms with Crippen molar-refractivity contribution in [3.8, 4) is 16.9 Å². The number of hydrogen-bond donors (Lipinski definition) is 5. The van der Waals surface area contributed by atoms with Crippen molar-refractivity contribution >= 4 is 5.69 Å². The van der Waals surface area contributed by atoms with Crippen molar-refractivity contribution in [3.63, 3.8) is 0 Å². The van der Waals surface area contributed by atoms with E-state index >= 15 is 0 Å². The van der Waals surface area contributed by atoms with E-state index in [4.69, 9.17) is 4.74 Å². The molecule has 1 aliphatic carbocycles. The smallest absolute Gasteiger partial charge is 0.129 e. The average molecular weight is 411 g/mol. The number of nitrogens with one attached hydrogen (secondary N) is 1. The quantitative estimate of drug-likeness (QED) is 0.406. The molecule has 0 saturated heterocycles. The van der Waals surface area contributed by atoms with Gasteiger partial charge in [0.25, 0.3) is 0 Å². The summed E-state index contributed by atoms with van der Waals surface area (Å²) in [7, 11) is 1.64. The Hall–Kier alpha value is -2.80. The molecule has 2 aromatic rings. The molecule has 0 aliphatic heterocycles. The average Bonchev–Trinajstić information content (AvgIpc) is 2.79. The molecular formula is C24H29NO5. The van der Waals surface area contributed by atoms with E-state index in [2.05, 4.69) is 5.32 Å². The van der Waals surface area contributed by atoms with Gasteiger partial charge in [0.15, 0.2) is 0 Å². The number of benzene rings is 2. The molecule has 1 aliphatic rings. The molecular weight excluding hydrogens is 382 g/mol. The van der Waals surface area contributed by atoms with Gasteiger partial charge in [0.1, 0.15) is 17.6 Å². The molecule has 0 amide bonds. The summed E-state index contributed by atoms with van der Waals surface area (Å²) in [4.78, 5) is 0. The maximum absolute atomic E-state index is 10.4. The van der Waals surface area contributed by atoms with Crippen molar-refractivity contribution in [2.24, 2.45) is 5.92 Å². The molecule has 0 heterocycles. The van der Waals surface area contributed by atoms with Crippen LogP contribution >= 0.6 is 0 Å². The molecule has 0 radical (unpaired) electrons. The van der Waals surface area contributed by atoms with Gasteiger partial charge < -0.3 is 30.5 Å². The van der Waals surface area contributed by atoms with E-state index in [9.17, 15) is 20.4 Å². The Bertz CT molecular complexity index is 887. The van der Waals surface area contributed by atoms with Crippen LogP contribution in [0.1, 0.15) is 12.8 Å². The third-order valence-electron chi connectivity index (χ3n) is 5.47. The Morgan fingerprint density at radius 2 is 1.60 bits per heavy atom. The second kappa shape index (κ2) is 10.3. The second-order valence-electron chi connectivity index (χ2n) is 7.33. The van der Waals surface area contributed by atoms with Crippen LogP contribution in [0.4, 0.5) is 5.69 Å². The van der Waals surface area contributed by atoms with Crippen LogP contribution < -0.4 is 10.1 Å². The largest absolute Gasteiger partial charge is 0.509 e. The monoisotopic (exact) mass is 411 g/mol. The fourth-order valence-electron chi connectivity index (χ4n) is 3.78. The van der Waals surface area contributed by atoms with Gasteiger partial charge in [-0.05, 0) is 65.5 Å². The Kier molecular flexibility index (Phi) is 7.52. The summed E-state index contributed by atoms with van der Waals surface area (Å²) < 4.78 is 5.19. The van der Waals surface area contributed by atoms with E-state index in [1.54, 1.807) is 7.11 Å². The van der Waals surface area contributed by atoms with E-state index in [-0.39, 0.29) is 24.9 Å². The summed E-state index contributed by atoms with van der Waals surface area (Å²) in [6.45, 7) is 0.171.